The molecule has 0 atom stereocenters. The van der Waals surface area contributed by atoms with Crippen molar-refractivity contribution in [1.82, 2.24) is 9.88 Å². The second-order valence-corrected chi connectivity index (χ2v) is 9.17. The Morgan fingerprint density at radius 1 is 1.10 bits per heavy atom. The lowest BCUT2D eigenvalue weighted by Crippen LogP contribution is -2.54. The van der Waals surface area contributed by atoms with Crippen molar-refractivity contribution in [2.75, 3.05) is 4.90 Å². The molecule has 0 unspecified atom stereocenters. The van der Waals surface area contributed by atoms with Crippen LogP contribution in [0.15, 0.2) is 29.8 Å². The molecule has 1 aromatic heterocycles. The Labute approximate surface area is 193 Å². The summed E-state index contributed by atoms with van der Waals surface area (Å²) >= 11 is 11.5. The van der Waals surface area contributed by atoms with Crippen LogP contribution in [-0.4, -0.2) is 21.5 Å². The van der Waals surface area contributed by atoms with Crippen LogP contribution < -0.4 is 10.2 Å². The molecule has 1 aromatic carbocycles. The van der Waals surface area contributed by atoms with Gasteiger partial charge in [0.25, 0.3) is 11.8 Å². The van der Waals surface area contributed by atoms with E-state index in [0.29, 0.717) is 16.8 Å². The lowest BCUT2D eigenvalue weighted by atomic mass is 9.95. The summed E-state index contributed by atoms with van der Waals surface area (Å²) < 4.78 is 2.36. The molecule has 1 aliphatic heterocycles. The molecule has 7 heteroatoms. The third kappa shape index (κ3) is 4.06. The smallest absolute Gasteiger partial charge is 0.270 e. The highest BCUT2D eigenvalue weighted by Crippen LogP contribution is 2.33. The van der Waals surface area contributed by atoms with Gasteiger partial charge in [-0.3, -0.25) is 19.8 Å². The molecular weight excluding hydrogens is 430 g/mol. The molecule has 1 saturated heterocycles. The molecule has 162 valence electrons. The Balaban J connectivity index is 1.71. The van der Waals surface area contributed by atoms with Gasteiger partial charge in [-0.15, -0.1) is 0 Å². The largest absolute Gasteiger partial charge is 0.346 e. The van der Waals surface area contributed by atoms with E-state index in [2.05, 4.69) is 29.8 Å². The van der Waals surface area contributed by atoms with E-state index in [1.807, 2.05) is 13.0 Å². The normalized spacial score (nSPS) is 19.3. The Morgan fingerprint density at radius 3 is 2.48 bits per heavy atom. The van der Waals surface area contributed by atoms with Crippen molar-refractivity contribution in [3.05, 3.63) is 57.4 Å². The summed E-state index contributed by atoms with van der Waals surface area (Å²) in [5.74, 6) is -0.928. The van der Waals surface area contributed by atoms with Crippen LogP contribution in [0.25, 0.3) is 6.08 Å². The van der Waals surface area contributed by atoms with Gasteiger partial charge in [-0.05, 0) is 81.2 Å². The van der Waals surface area contributed by atoms with Crippen LogP contribution in [0.5, 0.6) is 0 Å². The number of carbonyl (C=O) groups is 2. The number of rotatable bonds is 3. The van der Waals surface area contributed by atoms with Crippen LogP contribution in [0, 0.1) is 20.8 Å². The van der Waals surface area contributed by atoms with E-state index in [0.717, 1.165) is 22.5 Å². The standard InChI is InChI=1S/C24H26ClN3O2S/c1-14-9-10-19(13-21(14)25)28-23(30)20(22(29)26-24(28)31)12-17-11-15(2)27(16(17)3)18-7-5-4-6-8-18/h9-13,18H,4-8H2,1-3H3,(H,26,29,31)/b20-12+. The summed E-state index contributed by atoms with van der Waals surface area (Å²) in [4.78, 5) is 27.3. The van der Waals surface area contributed by atoms with Gasteiger partial charge in [-0.2, -0.15) is 0 Å². The van der Waals surface area contributed by atoms with Crippen LogP contribution in [0.4, 0.5) is 5.69 Å². The Bertz CT molecular complexity index is 1110. The van der Waals surface area contributed by atoms with Gasteiger partial charge in [-0.1, -0.05) is 36.9 Å². The molecule has 1 saturated carbocycles. The van der Waals surface area contributed by atoms with E-state index in [4.69, 9.17) is 23.8 Å². The van der Waals surface area contributed by atoms with Crippen molar-refractivity contribution < 1.29 is 9.59 Å². The second-order valence-electron chi connectivity index (χ2n) is 8.38. The van der Waals surface area contributed by atoms with Crippen molar-refractivity contribution in [3.8, 4) is 0 Å². The maximum absolute atomic E-state index is 13.3. The van der Waals surface area contributed by atoms with Gasteiger partial charge in [0, 0.05) is 22.5 Å². The predicted octanol–water partition coefficient (Wildman–Crippen LogP) is 5.40. The van der Waals surface area contributed by atoms with Crippen molar-refractivity contribution >= 4 is 52.5 Å². The quantitative estimate of drug-likeness (QED) is 0.383. The first kappa shape index (κ1) is 21.8. The van der Waals surface area contributed by atoms with Crippen LogP contribution in [0.2, 0.25) is 5.02 Å². The van der Waals surface area contributed by atoms with Crippen molar-refractivity contribution in [2.45, 2.75) is 58.9 Å². The maximum atomic E-state index is 13.3. The number of aryl methyl sites for hydroxylation is 2. The van der Waals surface area contributed by atoms with E-state index in [-0.39, 0.29) is 10.7 Å². The number of anilines is 1. The minimum absolute atomic E-state index is 0.0553. The number of hydrogen-bond acceptors (Lipinski definition) is 3. The summed E-state index contributed by atoms with van der Waals surface area (Å²) in [5.41, 5.74) is 4.61. The number of nitrogens with one attached hydrogen (secondary N) is 1. The highest BCUT2D eigenvalue weighted by atomic mass is 35.5. The lowest BCUT2D eigenvalue weighted by Gasteiger charge is -2.29. The van der Waals surface area contributed by atoms with Gasteiger partial charge < -0.3 is 4.57 Å². The van der Waals surface area contributed by atoms with Crippen molar-refractivity contribution in [3.63, 3.8) is 0 Å². The molecule has 5 nitrogen and oxygen atoms in total. The molecule has 0 spiro atoms. The fourth-order valence-electron chi connectivity index (χ4n) is 4.62. The SMILES string of the molecule is Cc1ccc(N2C(=O)/C(=C/c3cc(C)n(C4CCCCC4)c3C)C(=O)NC2=S)cc1Cl. The first-order valence-electron chi connectivity index (χ1n) is 10.6. The average molecular weight is 456 g/mol. The lowest BCUT2D eigenvalue weighted by molar-refractivity contribution is -0.122. The average Bonchev–Trinajstić information content (AvgIpc) is 3.01. The fourth-order valence-corrected chi connectivity index (χ4v) is 5.07. The zero-order valence-corrected chi connectivity index (χ0v) is 19.6. The zero-order chi connectivity index (χ0) is 22.3. The van der Waals surface area contributed by atoms with Gasteiger partial charge in [0.1, 0.15) is 5.57 Å². The van der Waals surface area contributed by atoms with Crippen LogP contribution in [0.3, 0.4) is 0 Å². The third-order valence-corrected chi connectivity index (χ3v) is 6.97. The van der Waals surface area contributed by atoms with Gasteiger partial charge in [0.05, 0.1) is 5.69 Å². The molecule has 0 bridgehead atoms. The molecule has 2 amide bonds. The van der Waals surface area contributed by atoms with E-state index >= 15 is 0 Å². The minimum Gasteiger partial charge on any atom is -0.346 e. The summed E-state index contributed by atoms with van der Waals surface area (Å²) in [6.07, 6.45) is 7.79. The van der Waals surface area contributed by atoms with Gasteiger partial charge in [-0.25, -0.2) is 0 Å². The molecule has 2 fully saturated rings. The number of amides is 2. The number of hydrogen-bond donors (Lipinski definition) is 1. The first-order chi connectivity index (χ1) is 14.8. The van der Waals surface area contributed by atoms with Crippen molar-refractivity contribution in [2.24, 2.45) is 0 Å². The monoisotopic (exact) mass is 455 g/mol. The third-order valence-electron chi connectivity index (χ3n) is 6.28. The second kappa shape index (κ2) is 8.60. The molecule has 1 N–H and O–H groups in total. The topological polar surface area (TPSA) is 54.3 Å². The van der Waals surface area contributed by atoms with E-state index in [1.54, 1.807) is 18.2 Å². The van der Waals surface area contributed by atoms with Crippen LogP contribution in [-0.2, 0) is 9.59 Å². The molecule has 31 heavy (non-hydrogen) atoms. The van der Waals surface area contributed by atoms with Gasteiger partial charge in [0.2, 0.25) is 0 Å². The highest BCUT2D eigenvalue weighted by molar-refractivity contribution is 7.80. The first-order valence-corrected chi connectivity index (χ1v) is 11.4. The van der Waals surface area contributed by atoms with Gasteiger partial charge >= 0.3 is 0 Å². The number of aromatic nitrogens is 1. The van der Waals surface area contributed by atoms with E-state index in [1.165, 1.54) is 37.0 Å². The Kier molecular flexibility index (Phi) is 6.04. The molecule has 2 aromatic rings. The molecule has 1 aliphatic carbocycles. The number of halogens is 1. The molecule has 2 aliphatic rings. The summed E-state index contributed by atoms with van der Waals surface area (Å²) in [7, 11) is 0. The highest BCUT2D eigenvalue weighted by Gasteiger charge is 2.35. The fraction of sp³-hybridized carbons (Fsp3) is 0.375. The summed E-state index contributed by atoms with van der Waals surface area (Å²) in [6.45, 7) is 6.03. The van der Waals surface area contributed by atoms with Crippen LogP contribution in [0.1, 0.15) is 60.7 Å². The molecule has 4 rings (SSSR count). The number of thiocarbonyl (C=S) groups is 1. The maximum Gasteiger partial charge on any atom is 0.270 e. The number of nitrogens with zero attached hydrogens (tertiary/aromatic N) is 2. The zero-order valence-electron chi connectivity index (χ0n) is 18.0. The van der Waals surface area contributed by atoms with E-state index < -0.39 is 11.8 Å². The summed E-state index contributed by atoms with van der Waals surface area (Å²) in [5, 5.41) is 3.24. The molecule has 0 radical (unpaired) electrons. The molecule has 2 heterocycles. The molecular formula is C24H26ClN3O2S. The Morgan fingerprint density at radius 2 is 1.81 bits per heavy atom. The predicted molar refractivity (Wildman–Crippen MR) is 128 cm³/mol. The van der Waals surface area contributed by atoms with Crippen LogP contribution >= 0.6 is 23.8 Å². The van der Waals surface area contributed by atoms with Gasteiger partial charge in [0.15, 0.2) is 5.11 Å². The number of benzene rings is 1. The Hall–Kier alpha value is -2.44. The van der Waals surface area contributed by atoms with Crippen molar-refractivity contribution in [1.29, 1.82) is 0 Å². The number of carbonyl (C=O) groups excluding carboxylic acids is 2. The van der Waals surface area contributed by atoms with E-state index in [9.17, 15) is 9.59 Å². The minimum atomic E-state index is -0.480. The summed E-state index contributed by atoms with van der Waals surface area (Å²) in [6, 6.07) is 7.82.